The first-order valence-electron chi connectivity index (χ1n) is 4.63. The highest BCUT2D eigenvalue weighted by Gasteiger charge is 2.31. The van der Waals surface area contributed by atoms with Crippen LogP contribution in [-0.2, 0) is 9.53 Å². The van der Waals surface area contributed by atoms with E-state index in [4.69, 9.17) is 4.74 Å². The third-order valence-electron chi connectivity index (χ3n) is 2.55. The molecule has 0 saturated carbocycles. The van der Waals surface area contributed by atoms with Gasteiger partial charge in [-0.3, -0.25) is 4.79 Å². The number of rotatable bonds is 2. The van der Waals surface area contributed by atoms with Gasteiger partial charge in [0, 0.05) is 12.3 Å². The largest absolute Gasteiger partial charge is 0.497 e. The van der Waals surface area contributed by atoms with Gasteiger partial charge in [-0.25, -0.2) is 0 Å². The number of ketones is 1. The lowest BCUT2D eigenvalue weighted by molar-refractivity contribution is -0.120. The molecule has 74 valence electrons. The van der Waals surface area contributed by atoms with Gasteiger partial charge in [-0.05, 0) is 28.8 Å². The topological polar surface area (TPSA) is 26.3 Å². The van der Waals surface area contributed by atoms with Crippen LogP contribution in [0.15, 0.2) is 10.2 Å². The summed E-state index contributed by atoms with van der Waals surface area (Å²) in [7, 11) is 0. The molecule has 0 aromatic carbocycles. The van der Waals surface area contributed by atoms with E-state index in [0.29, 0.717) is 17.0 Å². The molecule has 0 amide bonds. The van der Waals surface area contributed by atoms with E-state index in [1.165, 1.54) is 0 Å². The average molecular weight is 247 g/mol. The lowest BCUT2D eigenvalue weighted by Gasteiger charge is -2.26. The molecule has 2 atom stereocenters. The van der Waals surface area contributed by atoms with Crippen LogP contribution in [0.5, 0.6) is 0 Å². The van der Waals surface area contributed by atoms with E-state index in [-0.39, 0.29) is 11.7 Å². The molecule has 0 aromatic heterocycles. The molecule has 13 heavy (non-hydrogen) atoms. The van der Waals surface area contributed by atoms with Crippen molar-refractivity contribution >= 4 is 21.7 Å². The van der Waals surface area contributed by atoms with Crippen LogP contribution in [0, 0.1) is 11.8 Å². The molecule has 0 radical (unpaired) electrons. The van der Waals surface area contributed by atoms with Gasteiger partial charge in [0.05, 0.1) is 11.1 Å². The van der Waals surface area contributed by atoms with Gasteiger partial charge in [0.2, 0.25) is 0 Å². The van der Waals surface area contributed by atoms with E-state index in [0.717, 1.165) is 12.2 Å². The lowest BCUT2D eigenvalue weighted by Crippen LogP contribution is -2.26. The van der Waals surface area contributed by atoms with Gasteiger partial charge >= 0.3 is 0 Å². The first-order chi connectivity index (χ1) is 6.07. The number of ether oxygens (including phenoxy) is 1. The fourth-order valence-electron chi connectivity index (χ4n) is 1.45. The Bertz CT molecular complexity index is 245. The minimum atomic E-state index is 0.110. The summed E-state index contributed by atoms with van der Waals surface area (Å²) in [6.07, 6.45) is 0.862. The summed E-state index contributed by atoms with van der Waals surface area (Å²) >= 11 is 3.29. The van der Waals surface area contributed by atoms with Crippen LogP contribution < -0.4 is 0 Å². The van der Waals surface area contributed by atoms with Gasteiger partial charge in [0.1, 0.15) is 5.76 Å². The van der Waals surface area contributed by atoms with Crippen LogP contribution in [0.2, 0.25) is 0 Å². The number of carbonyl (C=O) groups excluding carboxylic acids is 1. The summed E-state index contributed by atoms with van der Waals surface area (Å²) < 4.78 is 6.03. The number of Topliss-reactive ketones (excluding diaryl/α,β-unsaturated/α-hetero) is 1. The minimum absolute atomic E-state index is 0.110. The molecule has 2 nitrogen and oxygen atoms in total. The fraction of sp³-hybridized carbons (Fsp3) is 0.700. The molecule has 0 saturated heterocycles. The van der Waals surface area contributed by atoms with Crippen molar-refractivity contribution in [3.05, 3.63) is 10.2 Å². The summed E-state index contributed by atoms with van der Waals surface area (Å²) in [4.78, 5) is 11.6. The molecule has 0 heterocycles. The minimum Gasteiger partial charge on any atom is -0.497 e. The van der Waals surface area contributed by atoms with Gasteiger partial charge in [-0.15, -0.1) is 0 Å². The summed E-state index contributed by atoms with van der Waals surface area (Å²) in [6, 6.07) is 0. The van der Waals surface area contributed by atoms with E-state index in [9.17, 15) is 4.79 Å². The molecule has 0 spiro atoms. The van der Waals surface area contributed by atoms with Crippen molar-refractivity contribution in [1.29, 1.82) is 0 Å². The molecular weight excluding hydrogens is 232 g/mol. The van der Waals surface area contributed by atoms with Crippen LogP contribution in [0.4, 0.5) is 0 Å². The van der Waals surface area contributed by atoms with Crippen molar-refractivity contribution in [2.75, 3.05) is 6.61 Å². The summed E-state index contributed by atoms with van der Waals surface area (Å²) in [5.74, 6) is 1.48. The second-order valence-electron chi connectivity index (χ2n) is 3.50. The van der Waals surface area contributed by atoms with Crippen LogP contribution in [0.3, 0.4) is 0 Å². The van der Waals surface area contributed by atoms with Crippen LogP contribution in [-0.4, -0.2) is 12.4 Å². The molecule has 0 aromatic rings. The Labute approximate surface area is 87.5 Å². The van der Waals surface area contributed by atoms with Crippen molar-refractivity contribution in [3.8, 4) is 0 Å². The van der Waals surface area contributed by atoms with Crippen LogP contribution in [0.25, 0.3) is 0 Å². The first-order valence-corrected chi connectivity index (χ1v) is 5.42. The van der Waals surface area contributed by atoms with E-state index >= 15 is 0 Å². The predicted molar refractivity (Wildman–Crippen MR) is 55.5 cm³/mol. The molecule has 0 bridgehead atoms. The highest BCUT2D eigenvalue weighted by atomic mass is 79.9. The van der Waals surface area contributed by atoms with E-state index in [1.807, 2.05) is 13.8 Å². The van der Waals surface area contributed by atoms with Crippen molar-refractivity contribution < 1.29 is 9.53 Å². The summed E-state index contributed by atoms with van der Waals surface area (Å²) in [5.41, 5.74) is 0. The number of hydrogen-bond acceptors (Lipinski definition) is 2. The van der Waals surface area contributed by atoms with Crippen molar-refractivity contribution in [2.24, 2.45) is 11.8 Å². The smallest absolute Gasteiger partial charge is 0.176 e. The second-order valence-corrected chi connectivity index (χ2v) is 4.30. The Hall–Kier alpha value is -0.310. The molecule has 0 aliphatic heterocycles. The maximum atomic E-state index is 11.6. The normalized spacial score (nSPS) is 29.4. The number of hydrogen-bond donors (Lipinski definition) is 0. The Morgan fingerprint density at radius 3 is 2.69 bits per heavy atom. The quantitative estimate of drug-likeness (QED) is 0.749. The zero-order valence-corrected chi connectivity index (χ0v) is 9.85. The number of carbonyl (C=O) groups is 1. The maximum absolute atomic E-state index is 11.6. The number of halogens is 1. The second kappa shape index (κ2) is 4.27. The highest BCUT2D eigenvalue weighted by Crippen LogP contribution is 2.34. The third-order valence-corrected chi connectivity index (χ3v) is 3.39. The predicted octanol–water partition coefficient (Wildman–Crippen LogP) is 2.87. The van der Waals surface area contributed by atoms with Crippen LogP contribution in [0.1, 0.15) is 27.2 Å². The maximum Gasteiger partial charge on any atom is 0.176 e. The Balaban J connectivity index is 2.88. The Kier molecular flexibility index (Phi) is 3.54. The van der Waals surface area contributed by atoms with E-state index in [2.05, 4.69) is 22.9 Å². The van der Waals surface area contributed by atoms with Gasteiger partial charge in [0.25, 0.3) is 0 Å². The van der Waals surface area contributed by atoms with E-state index < -0.39 is 0 Å². The molecule has 3 heteroatoms. The molecular formula is C10H15BrO2. The van der Waals surface area contributed by atoms with E-state index in [1.54, 1.807) is 0 Å². The molecule has 0 fully saturated rings. The Morgan fingerprint density at radius 2 is 2.15 bits per heavy atom. The van der Waals surface area contributed by atoms with Crippen molar-refractivity contribution in [3.63, 3.8) is 0 Å². The van der Waals surface area contributed by atoms with Gasteiger partial charge < -0.3 is 4.74 Å². The SMILES string of the molecule is CCOC1=C(Br)C(=O)[C@H](C)[C@H](C)C1. The van der Waals surface area contributed by atoms with Crippen molar-refractivity contribution in [1.82, 2.24) is 0 Å². The molecule has 1 rings (SSSR count). The molecule has 1 aliphatic carbocycles. The molecule has 1 aliphatic rings. The zero-order chi connectivity index (χ0) is 10.0. The summed E-state index contributed by atoms with van der Waals surface area (Å²) in [5, 5.41) is 0. The first kappa shape index (κ1) is 10.8. The zero-order valence-electron chi connectivity index (χ0n) is 8.26. The fourth-order valence-corrected chi connectivity index (χ4v) is 2.09. The lowest BCUT2D eigenvalue weighted by atomic mass is 9.84. The molecule has 0 unspecified atom stereocenters. The van der Waals surface area contributed by atoms with Crippen molar-refractivity contribution in [2.45, 2.75) is 27.2 Å². The van der Waals surface area contributed by atoms with Gasteiger partial charge in [0.15, 0.2) is 5.78 Å². The van der Waals surface area contributed by atoms with Gasteiger partial charge in [-0.2, -0.15) is 0 Å². The molecule has 0 N–H and O–H groups in total. The van der Waals surface area contributed by atoms with Crippen LogP contribution >= 0.6 is 15.9 Å². The summed E-state index contributed by atoms with van der Waals surface area (Å²) in [6.45, 7) is 6.61. The third kappa shape index (κ3) is 2.13. The average Bonchev–Trinajstić information content (AvgIpc) is 2.11. The Morgan fingerprint density at radius 1 is 1.54 bits per heavy atom. The van der Waals surface area contributed by atoms with Gasteiger partial charge in [-0.1, -0.05) is 13.8 Å². The monoisotopic (exact) mass is 246 g/mol. The number of allylic oxidation sites excluding steroid dienone is 2. The standard InChI is InChI=1S/C10H15BrO2/c1-4-13-8-5-6(2)7(3)10(12)9(8)11/h6-7H,4-5H2,1-3H3/t6-,7-/m1/s1. The highest BCUT2D eigenvalue weighted by molar-refractivity contribution is 9.12.